The molecule has 0 fully saturated rings. The highest BCUT2D eigenvalue weighted by Crippen LogP contribution is 2.30. The first-order valence-corrected chi connectivity index (χ1v) is 8.01. The second-order valence-corrected chi connectivity index (χ2v) is 5.50. The Morgan fingerprint density at radius 1 is 1.07 bits per heavy atom. The standard InChI is InChI=1S/C20H14F2O6/c1-25-17-10-12(2-7-15(17)28-20(21)22)3-8-18(23)26-14-6-4-13-5-9-19(24)27-16(13)11-14/h2-11,20H,1H3. The Morgan fingerprint density at radius 2 is 1.86 bits per heavy atom. The van der Waals surface area contributed by atoms with Gasteiger partial charge in [0.05, 0.1) is 7.11 Å². The van der Waals surface area contributed by atoms with Crippen LogP contribution in [0.3, 0.4) is 0 Å². The van der Waals surface area contributed by atoms with Gasteiger partial charge in [-0.2, -0.15) is 8.78 Å². The molecule has 0 unspecified atom stereocenters. The molecule has 0 atom stereocenters. The quantitative estimate of drug-likeness (QED) is 0.275. The summed E-state index contributed by atoms with van der Waals surface area (Å²) in [6.45, 7) is -2.98. The van der Waals surface area contributed by atoms with Crippen molar-refractivity contribution >= 4 is 23.0 Å². The van der Waals surface area contributed by atoms with Crippen LogP contribution >= 0.6 is 0 Å². The zero-order valence-corrected chi connectivity index (χ0v) is 14.6. The molecule has 0 aliphatic rings. The second kappa shape index (κ2) is 8.34. The Labute approximate surface area is 157 Å². The van der Waals surface area contributed by atoms with Gasteiger partial charge in [-0.3, -0.25) is 0 Å². The third kappa shape index (κ3) is 4.73. The molecule has 8 heteroatoms. The van der Waals surface area contributed by atoms with Gasteiger partial charge in [0.25, 0.3) is 0 Å². The van der Waals surface area contributed by atoms with Crippen LogP contribution in [0, 0.1) is 0 Å². The lowest BCUT2D eigenvalue weighted by Crippen LogP contribution is -2.04. The van der Waals surface area contributed by atoms with Crippen LogP contribution in [0.15, 0.2) is 63.8 Å². The Morgan fingerprint density at radius 3 is 2.61 bits per heavy atom. The van der Waals surface area contributed by atoms with Crippen molar-refractivity contribution in [1.29, 1.82) is 0 Å². The van der Waals surface area contributed by atoms with E-state index in [0.717, 1.165) is 6.08 Å². The van der Waals surface area contributed by atoms with Crippen LogP contribution in [0.4, 0.5) is 8.78 Å². The number of methoxy groups -OCH3 is 1. The van der Waals surface area contributed by atoms with Gasteiger partial charge in [-0.15, -0.1) is 0 Å². The molecule has 28 heavy (non-hydrogen) atoms. The summed E-state index contributed by atoms with van der Waals surface area (Å²) in [6, 6.07) is 11.8. The van der Waals surface area contributed by atoms with Crippen LogP contribution in [0.1, 0.15) is 5.56 Å². The van der Waals surface area contributed by atoms with E-state index in [4.69, 9.17) is 13.9 Å². The monoisotopic (exact) mass is 388 g/mol. The van der Waals surface area contributed by atoms with Crippen molar-refractivity contribution in [3.05, 3.63) is 70.6 Å². The van der Waals surface area contributed by atoms with Crippen LogP contribution < -0.4 is 19.8 Å². The largest absolute Gasteiger partial charge is 0.493 e. The molecule has 1 heterocycles. The SMILES string of the molecule is COc1cc(C=CC(=O)Oc2ccc3ccc(=O)oc3c2)ccc1OC(F)F. The second-order valence-electron chi connectivity index (χ2n) is 5.50. The molecule has 144 valence electrons. The predicted molar refractivity (Wildman–Crippen MR) is 96.8 cm³/mol. The number of halogens is 2. The minimum absolute atomic E-state index is 0.0976. The highest BCUT2D eigenvalue weighted by molar-refractivity contribution is 5.89. The Bertz CT molecular complexity index is 1090. The number of carbonyl (C=O) groups excluding carboxylic acids is 1. The normalized spacial score (nSPS) is 11.1. The summed E-state index contributed by atoms with van der Waals surface area (Å²) in [5.41, 5.74) is 0.296. The van der Waals surface area contributed by atoms with E-state index >= 15 is 0 Å². The summed E-state index contributed by atoms with van der Waals surface area (Å²) in [6.07, 6.45) is 2.59. The van der Waals surface area contributed by atoms with E-state index in [0.29, 0.717) is 16.5 Å². The van der Waals surface area contributed by atoms with E-state index in [1.165, 1.54) is 43.5 Å². The average molecular weight is 388 g/mol. The van der Waals surface area contributed by atoms with Gasteiger partial charge in [0.15, 0.2) is 11.5 Å². The van der Waals surface area contributed by atoms with E-state index in [1.807, 2.05) is 0 Å². The lowest BCUT2D eigenvalue weighted by atomic mass is 10.2. The topological polar surface area (TPSA) is 75.0 Å². The zero-order valence-electron chi connectivity index (χ0n) is 14.6. The smallest absolute Gasteiger partial charge is 0.387 e. The molecule has 0 N–H and O–H groups in total. The van der Waals surface area contributed by atoms with Crippen LogP contribution in [0.25, 0.3) is 17.0 Å². The average Bonchev–Trinajstić information content (AvgIpc) is 2.66. The predicted octanol–water partition coefficient (Wildman–Crippen LogP) is 4.02. The van der Waals surface area contributed by atoms with E-state index in [9.17, 15) is 18.4 Å². The summed E-state index contributed by atoms with van der Waals surface area (Å²) in [4.78, 5) is 23.3. The number of esters is 1. The number of carbonyl (C=O) groups is 1. The maximum absolute atomic E-state index is 12.3. The molecule has 0 aliphatic heterocycles. The van der Waals surface area contributed by atoms with Crippen molar-refractivity contribution in [2.45, 2.75) is 6.61 Å². The van der Waals surface area contributed by atoms with E-state index in [1.54, 1.807) is 18.2 Å². The van der Waals surface area contributed by atoms with Gasteiger partial charge in [-0.05, 0) is 42.0 Å². The molecular formula is C20H14F2O6. The first kappa shape index (κ1) is 19.1. The molecule has 0 amide bonds. The van der Waals surface area contributed by atoms with Gasteiger partial charge in [0.1, 0.15) is 11.3 Å². The number of hydrogen-bond acceptors (Lipinski definition) is 6. The van der Waals surface area contributed by atoms with Crippen molar-refractivity contribution in [3.63, 3.8) is 0 Å². The Hall–Kier alpha value is -3.68. The highest BCUT2D eigenvalue weighted by Gasteiger charge is 2.10. The van der Waals surface area contributed by atoms with Crippen molar-refractivity contribution in [2.24, 2.45) is 0 Å². The van der Waals surface area contributed by atoms with E-state index in [2.05, 4.69) is 4.74 Å². The lowest BCUT2D eigenvalue weighted by molar-refractivity contribution is -0.128. The molecule has 2 aromatic carbocycles. The van der Waals surface area contributed by atoms with Crippen LogP contribution in [-0.2, 0) is 4.79 Å². The summed E-state index contributed by atoms with van der Waals surface area (Å²) in [5.74, 6) is -0.491. The molecule has 3 aromatic rings. The molecule has 0 saturated heterocycles. The number of hydrogen-bond donors (Lipinski definition) is 0. The molecule has 0 radical (unpaired) electrons. The van der Waals surface area contributed by atoms with Gasteiger partial charge < -0.3 is 18.6 Å². The van der Waals surface area contributed by atoms with Crippen LogP contribution in [-0.4, -0.2) is 19.7 Å². The van der Waals surface area contributed by atoms with Gasteiger partial charge in [-0.25, -0.2) is 9.59 Å². The summed E-state index contributed by atoms with van der Waals surface area (Å²) in [7, 11) is 1.31. The minimum Gasteiger partial charge on any atom is -0.493 e. The molecule has 6 nitrogen and oxygen atoms in total. The highest BCUT2D eigenvalue weighted by atomic mass is 19.3. The van der Waals surface area contributed by atoms with Crippen molar-refractivity contribution in [1.82, 2.24) is 0 Å². The van der Waals surface area contributed by atoms with E-state index < -0.39 is 18.2 Å². The number of alkyl halides is 2. The van der Waals surface area contributed by atoms with E-state index in [-0.39, 0.29) is 17.2 Å². The number of benzene rings is 2. The number of rotatable bonds is 6. The minimum atomic E-state index is -2.98. The molecule has 0 bridgehead atoms. The van der Waals surface area contributed by atoms with Crippen molar-refractivity contribution in [3.8, 4) is 17.2 Å². The van der Waals surface area contributed by atoms with Crippen molar-refractivity contribution in [2.75, 3.05) is 7.11 Å². The molecule has 1 aromatic heterocycles. The molecular weight excluding hydrogens is 374 g/mol. The third-order valence-electron chi connectivity index (χ3n) is 3.63. The lowest BCUT2D eigenvalue weighted by Gasteiger charge is -2.10. The fourth-order valence-corrected chi connectivity index (χ4v) is 2.40. The van der Waals surface area contributed by atoms with Crippen LogP contribution in [0.5, 0.6) is 17.2 Å². The fraction of sp³-hybridized carbons (Fsp3) is 0.100. The molecule has 0 spiro atoms. The maximum Gasteiger partial charge on any atom is 0.387 e. The number of ether oxygens (including phenoxy) is 3. The summed E-state index contributed by atoms with van der Waals surface area (Å²) in [5, 5.41) is 0.688. The summed E-state index contributed by atoms with van der Waals surface area (Å²) >= 11 is 0. The molecule has 3 rings (SSSR count). The number of fused-ring (bicyclic) bond motifs is 1. The Kier molecular flexibility index (Phi) is 5.69. The maximum atomic E-state index is 12.3. The third-order valence-corrected chi connectivity index (χ3v) is 3.63. The molecule has 0 saturated carbocycles. The van der Waals surface area contributed by atoms with Gasteiger partial charge >= 0.3 is 18.2 Å². The zero-order chi connectivity index (χ0) is 20.1. The van der Waals surface area contributed by atoms with Crippen LogP contribution in [0.2, 0.25) is 0 Å². The molecule has 0 aliphatic carbocycles. The fourth-order valence-electron chi connectivity index (χ4n) is 2.40. The van der Waals surface area contributed by atoms with Gasteiger partial charge in [0.2, 0.25) is 0 Å². The van der Waals surface area contributed by atoms with Gasteiger partial charge in [-0.1, -0.05) is 6.07 Å². The first-order valence-electron chi connectivity index (χ1n) is 8.01. The summed E-state index contributed by atoms with van der Waals surface area (Å²) < 4.78 is 44.2. The van der Waals surface area contributed by atoms with Crippen molar-refractivity contribution < 1.29 is 32.2 Å². The first-order chi connectivity index (χ1) is 13.4. The Balaban J connectivity index is 1.72. The van der Waals surface area contributed by atoms with Gasteiger partial charge in [0, 0.05) is 23.6 Å².